The van der Waals surface area contributed by atoms with E-state index in [0.717, 1.165) is 0 Å². The summed E-state index contributed by atoms with van der Waals surface area (Å²) >= 11 is 0. The van der Waals surface area contributed by atoms with E-state index in [4.69, 9.17) is 0 Å². The van der Waals surface area contributed by atoms with E-state index < -0.39 is 23.9 Å². The summed E-state index contributed by atoms with van der Waals surface area (Å²) in [6.07, 6.45) is -0.00917. The van der Waals surface area contributed by atoms with Crippen LogP contribution in [0, 0.1) is 11.8 Å². The first-order valence-electron chi connectivity index (χ1n) is 4.53. The molecular weight excluding hydrogens is 184 g/mol. The number of hydrogen-bond donors (Lipinski definition) is 2. The van der Waals surface area contributed by atoms with Crippen molar-refractivity contribution >= 4 is 11.6 Å². The molecule has 0 unspecified atom stereocenters. The van der Waals surface area contributed by atoms with Crippen molar-refractivity contribution in [2.75, 3.05) is 0 Å². The Morgan fingerprint density at radius 2 is 2.00 bits per heavy atom. The second-order valence-corrected chi connectivity index (χ2v) is 3.69. The summed E-state index contributed by atoms with van der Waals surface area (Å²) in [7, 11) is 0. The van der Waals surface area contributed by atoms with E-state index in [1.54, 1.807) is 13.0 Å². The predicted molar refractivity (Wildman–Crippen MR) is 49.5 cm³/mol. The van der Waals surface area contributed by atoms with E-state index in [1.807, 2.05) is 0 Å². The third-order valence-corrected chi connectivity index (χ3v) is 2.58. The lowest BCUT2D eigenvalue weighted by Gasteiger charge is -2.24. The second kappa shape index (κ2) is 4.02. The Morgan fingerprint density at radius 3 is 2.50 bits per heavy atom. The Bertz CT molecular complexity index is 282. The molecule has 0 fully saturated rings. The summed E-state index contributed by atoms with van der Waals surface area (Å²) in [5.74, 6) is -1.70. The lowest BCUT2D eigenvalue weighted by Crippen LogP contribution is -2.41. The molecule has 0 saturated heterocycles. The Morgan fingerprint density at radius 1 is 1.43 bits per heavy atom. The van der Waals surface area contributed by atoms with Crippen LogP contribution in [0.15, 0.2) is 12.2 Å². The van der Waals surface area contributed by atoms with Crippen LogP contribution in [0.1, 0.15) is 13.8 Å². The summed E-state index contributed by atoms with van der Waals surface area (Å²) in [5, 5.41) is 19.0. The molecule has 14 heavy (non-hydrogen) atoms. The highest BCUT2D eigenvalue weighted by Crippen LogP contribution is 2.24. The molecule has 2 N–H and O–H groups in total. The van der Waals surface area contributed by atoms with Gasteiger partial charge in [0.25, 0.3) is 0 Å². The molecule has 0 heterocycles. The average Bonchev–Trinajstić information content (AvgIpc) is 2.19. The molecule has 1 aliphatic rings. The Balaban J connectivity index is 3.00. The fourth-order valence-electron chi connectivity index (χ4n) is 1.75. The molecule has 1 rings (SSSR count). The number of Topliss-reactive ketones (excluding diaryl/α,β-unsaturated/α-hetero) is 1. The fraction of sp³-hybridized carbons (Fsp3) is 0.600. The third-order valence-electron chi connectivity index (χ3n) is 2.58. The maximum Gasteiger partial charge on any atom is 0.186 e. The number of hydrogen-bond acceptors (Lipinski definition) is 4. The molecule has 0 aromatic rings. The second-order valence-electron chi connectivity index (χ2n) is 3.69. The van der Waals surface area contributed by atoms with Crippen LogP contribution in [0.4, 0.5) is 0 Å². The highest BCUT2D eigenvalue weighted by atomic mass is 16.3. The number of allylic oxidation sites excluding steroid dienone is 1. The molecule has 0 aliphatic heterocycles. The van der Waals surface area contributed by atoms with Gasteiger partial charge in [-0.15, -0.1) is 0 Å². The lowest BCUT2D eigenvalue weighted by molar-refractivity contribution is -0.136. The number of carbonyl (C=O) groups excluding carboxylic acids is 2. The van der Waals surface area contributed by atoms with Crippen LogP contribution < -0.4 is 0 Å². The van der Waals surface area contributed by atoms with E-state index in [2.05, 4.69) is 0 Å². The van der Waals surface area contributed by atoms with Gasteiger partial charge in [0.2, 0.25) is 0 Å². The van der Waals surface area contributed by atoms with Gasteiger partial charge in [-0.3, -0.25) is 9.59 Å². The van der Waals surface area contributed by atoms with Crippen molar-refractivity contribution in [1.29, 1.82) is 0 Å². The van der Waals surface area contributed by atoms with Gasteiger partial charge < -0.3 is 10.2 Å². The van der Waals surface area contributed by atoms with Crippen LogP contribution in [0.2, 0.25) is 0 Å². The van der Waals surface area contributed by atoms with Gasteiger partial charge in [0.15, 0.2) is 5.78 Å². The minimum absolute atomic E-state index is 0.219. The molecule has 0 bridgehead atoms. The molecule has 0 aromatic carbocycles. The van der Waals surface area contributed by atoms with E-state index in [0.29, 0.717) is 0 Å². The molecule has 1 aliphatic carbocycles. The zero-order valence-electron chi connectivity index (χ0n) is 8.18. The molecule has 0 saturated carbocycles. The molecule has 78 valence electrons. The smallest absolute Gasteiger partial charge is 0.186 e. The zero-order chi connectivity index (χ0) is 10.9. The van der Waals surface area contributed by atoms with Crippen molar-refractivity contribution in [3.63, 3.8) is 0 Å². The number of carbonyl (C=O) groups is 2. The van der Waals surface area contributed by atoms with Crippen molar-refractivity contribution < 1.29 is 19.8 Å². The van der Waals surface area contributed by atoms with Crippen LogP contribution in [-0.2, 0) is 9.59 Å². The maximum absolute atomic E-state index is 11.2. The summed E-state index contributed by atoms with van der Waals surface area (Å²) in [6.45, 7) is 3.08. The van der Waals surface area contributed by atoms with E-state index in [1.165, 1.54) is 13.0 Å². The van der Waals surface area contributed by atoms with Crippen LogP contribution in [0.3, 0.4) is 0 Å². The highest BCUT2D eigenvalue weighted by molar-refractivity contribution is 5.95. The first kappa shape index (κ1) is 11.1. The van der Waals surface area contributed by atoms with Crippen molar-refractivity contribution in [1.82, 2.24) is 0 Å². The van der Waals surface area contributed by atoms with Crippen LogP contribution in [-0.4, -0.2) is 34.0 Å². The van der Waals surface area contributed by atoms with E-state index in [-0.39, 0.29) is 11.7 Å². The number of aliphatic hydroxyl groups excluding tert-OH is 2. The van der Waals surface area contributed by atoms with Crippen LogP contribution >= 0.6 is 0 Å². The molecule has 0 aromatic heterocycles. The summed E-state index contributed by atoms with van der Waals surface area (Å²) < 4.78 is 0. The Labute approximate surface area is 82.2 Å². The van der Waals surface area contributed by atoms with Gasteiger partial charge in [-0.2, -0.15) is 0 Å². The van der Waals surface area contributed by atoms with Gasteiger partial charge in [0.1, 0.15) is 11.9 Å². The quantitative estimate of drug-likeness (QED) is 0.606. The molecule has 0 spiro atoms. The standard InChI is InChI=1S/C10H14O4/c1-5-3-4-7(12)9(13)10(14)8(5)6(2)11/h3-5,8-10,13-14H,1-2H3/t5-,8-,9+,10+/m1/s1. The maximum atomic E-state index is 11.2. The topological polar surface area (TPSA) is 74.6 Å². The first-order chi connectivity index (χ1) is 6.45. The van der Waals surface area contributed by atoms with Gasteiger partial charge in [-0.05, 0) is 18.9 Å². The summed E-state index contributed by atoms with van der Waals surface area (Å²) in [4.78, 5) is 22.3. The molecule has 0 radical (unpaired) electrons. The lowest BCUT2D eigenvalue weighted by atomic mass is 9.85. The largest absolute Gasteiger partial charge is 0.389 e. The molecule has 0 amide bonds. The predicted octanol–water partition coefficient (Wildman–Crippen LogP) is -0.312. The van der Waals surface area contributed by atoms with Gasteiger partial charge >= 0.3 is 0 Å². The Hall–Kier alpha value is -1.00. The van der Waals surface area contributed by atoms with Gasteiger partial charge in [0.05, 0.1) is 12.0 Å². The van der Waals surface area contributed by atoms with Gasteiger partial charge in [0, 0.05) is 0 Å². The molecular formula is C10H14O4. The van der Waals surface area contributed by atoms with Gasteiger partial charge in [-0.25, -0.2) is 0 Å². The zero-order valence-corrected chi connectivity index (χ0v) is 8.18. The van der Waals surface area contributed by atoms with E-state index >= 15 is 0 Å². The SMILES string of the molecule is CC(=O)[C@@H]1[C@H](O)[C@@H](O)C(=O)C=C[C@H]1C. The molecule has 4 nitrogen and oxygen atoms in total. The van der Waals surface area contributed by atoms with Gasteiger partial charge in [-0.1, -0.05) is 13.0 Å². The Kier molecular flexibility index (Phi) is 3.18. The number of ketones is 2. The minimum atomic E-state index is -1.48. The molecule has 4 atom stereocenters. The normalized spacial score (nSPS) is 38.1. The van der Waals surface area contributed by atoms with Crippen LogP contribution in [0.5, 0.6) is 0 Å². The monoisotopic (exact) mass is 198 g/mol. The first-order valence-corrected chi connectivity index (χ1v) is 4.53. The summed E-state index contributed by atoms with van der Waals surface area (Å²) in [5.41, 5.74) is 0. The average molecular weight is 198 g/mol. The minimum Gasteiger partial charge on any atom is -0.389 e. The third kappa shape index (κ3) is 1.91. The highest BCUT2D eigenvalue weighted by Gasteiger charge is 2.37. The van der Waals surface area contributed by atoms with Crippen LogP contribution in [0.25, 0.3) is 0 Å². The summed E-state index contributed by atoms with van der Waals surface area (Å²) in [6, 6.07) is 0. The van der Waals surface area contributed by atoms with Crippen molar-refractivity contribution in [3.05, 3.63) is 12.2 Å². The fourth-order valence-corrected chi connectivity index (χ4v) is 1.75. The number of aliphatic hydroxyl groups is 2. The van der Waals surface area contributed by atoms with E-state index in [9.17, 15) is 19.8 Å². The van der Waals surface area contributed by atoms with Crippen molar-refractivity contribution in [3.8, 4) is 0 Å². The number of rotatable bonds is 1. The van der Waals surface area contributed by atoms with Crippen molar-refractivity contribution in [2.45, 2.75) is 26.1 Å². The van der Waals surface area contributed by atoms with Crippen molar-refractivity contribution in [2.24, 2.45) is 11.8 Å². The molecule has 4 heteroatoms.